The number of aryl methyl sites for hydroxylation is 1. The van der Waals surface area contributed by atoms with E-state index in [0.29, 0.717) is 0 Å². The first kappa shape index (κ1) is 14.5. The van der Waals surface area contributed by atoms with E-state index in [1.807, 2.05) is 0 Å². The molecular formula is C13H7BF6. The highest BCUT2D eigenvalue weighted by Gasteiger charge is 2.23. The van der Waals surface area contributed by atoms with E-state index < -0.39 is 53.1 Å². The van der Waals surface area contributed by atoms with Crippen molar-refractivity contribution in [2.75, 3.05) is 0 Å². The van der Waals surface area contributed by atoms with Crippen LogP contribution in [0.15, 0.2) is 18.2 Å². The molecule has 0 N–H and O–H groups in total. The van der Waals surface area contributed by atoms with Gasteiger partial charge in [-0.3, -0.25) is 0 Å². The predicted octanol–water partition coefficient (Wildman–Crippen LogP) is 2.22. The van der Waals surface area contributed by atoms with E-state index in [1.165, 1.54) is 6.92 Å². The molecule has 2 aromatic rings. The van der Waals surface area contributed by atoms with Crippen LogP contribution in [0.2, 0.25) is 0 Å². The summed E-state index contributed by atoms with van der Waals surface area (Å²) >= 11 is 0. The molecule has 0 aliphatic heterocycles. The molecule has 0 radical (unpaired) electrons. The number of rotatable bonds is 2. The van der Waals surface area contributed by atoms with E-state index >= 15 is 0 Å². The van der Waals surface area contributed by atoms with Crippen LogP contribution in [-0.2, 0) is 0 Å². The summed E-state index contributed by atoms with van der Waals surface area (Å²) in [5, 5.41) is 0. The van der Waals surface area contributed by atoms with Crippen molar-refractivity contribution >= 4 is 18.2 Å². The minimum absolute atomic E-state index is 0.0388. The second-order valence-corrected chi connectivity index (χ2v) is 4.28. The van der Waals surface area contributed by atoms with Gasteiger partial charge >= 0.3 is 0 Å². The van der Waals surface area contributed by atoms with E-state index in [9.17, 15) is 26.3 Å². The lowest BCUT2D eigenvalue weighted by Crippen LogP contribution is -2.38. The first-order valence-electron chi connectivity index (χ1n) is 5.58. The standard InChI is InChI=1S/C13H7BF6/c1-5-2-3-6(15)9(11(5)18)14-10-12(19)7(16)4-8(17)13(10)20/h2-4,14H,1H3. The summed E-state index contributed by atoms with van der Waals surface area (Å²) in [4.78, 5) is 0. The summed E-state index contributed by atoms with van der Waals surface area (Å²) in [6.45, 7) is 1.33. The maximum absolute atomic E-state index is 13.7. The number of hydrogen-bond donors (Lipinski definition) is 0. The van der Waals surface area contributed by atoms with Crippen LogP contribution >= 0.6 is 0 Å². The Balaban J connectivity index is 2.59. The smallest absolute Gasteiger partial charge is 0.207 e. The van der Waals surface area contributed by atoms with Gasteiger partial charge in [0.2, 0.25) is 7.28 Å². The van der Waals surface area contributed by atoms with E-state index in [0.717, 1.165) is 12.1 Å². The Morgan fingerprint density at radius 3 is 1.80 bits per heavy atom. The minimum atomic E-state index is -1.66. The summed E-state index contributed by atoms with van der Waals surface area (Å²) in [7, 11) is -0.925. The molecule has 0 heterocycles. The minimum Gasteiger partial charge on any atom is -0.207 e. The summed E-state index contributed by atoms with van der Waals surface area (Å²) in [6.07, 6.45) is 0. The third-order valence-electron chi connectivity index (χ3n) is 2.94. The largest absolute Gasteiger partial charge is 0.208 e. The van der Waals surface area contributed by atoms with Gasteiger partial charge in [0.1, 0.15) is 11.6 Å². The van der Waals surface area contributed by atoms with Crippen LogP contribution in [0.4, 0.5) is 26.3 Å². The average molecular weight is 288 g/mol. The molecule has 0 aliphatic carbocycles. The topological polar surface area (TPSA) is 0 Å². The van der Waals surface area contributed by atoms with Crippen LogP contribution in [0.25, 0.3) is 0 Å². The average Bonchev–Trinajstić information content (AvgIpc) is 2.40. The zero-order valence-corrected chi connectivity index (χ0v) is 10.2. The lowest BCUT2D eigenvalue weighted by Gasteiger charge is -2.09. The highest BCUT2D eigenvalue weighted by molar-refractivity contribution is 6.67. The third kappa shape index (κ3) is 2.40. The quantitative estimate of drug-likeness (QED) is 0.451. The zero-order chi connectivity index (χ0) is 15.0. The van der Waals surface area contributed by atoms with Crippen molar-refractivity contribution in [3.63, 3.8) is 0 Å². The summed E-state index contributed by atoms with van der Waals surface area (Å²) < 4.78 is 80.2. The van der Waals surface area contributed by atoms with Gasteiger partial charge in [-0.15, -0.1) is 0 Å². The fraction of sp³-hybridized carbons (Fsp3) is 0.0769. The number of benzene rings is 2. The Hall–Kier alpha value is -1.92. The Morgan fingerprint density at radius 1 is 0.700 bits per heavy atom. The molecule has 0 atom stereocenters. The molecule has 0 amide bonds. The van der Waals surface area contributed by atoms with E-state index in [-0.39, 0.29) is 11.6 Å². The highest BCUT2D eigenvalue weighted by atomic mass is 19.2. The Labute approximate surface area is 111 Å². The lowest BCUT2D eigenvalue weighted by atomic mass is 9.62. The van der Waals surface area contributed by atoms with Gasteiger partial charge in [-0.2, -0.15) is 0 Å². The molecule has 20 heavy (non-hydrogen) atoms. The first-order valence-corrected chi connectivity index (χ1v) is 5.58. The van der Waals surface area contributed by atoms with Gasteiger partial charge in [-0.05, 0) is 29.5 Å². The van der Waals surface area contributed by atoms with Crippen molar-refractivity contribution in [2.45, 2.75) is 6.92 Å². The monoisotopic (exact) mass is 288 g/mol. The molecule has 0 fully saturated rings. The Kier molecular flexibility index (Phi) is 3.79. The number of halogens is 6. The molecule has 2 rings (SSSR count). The second kappa shape index (κ2) is 5.23. The van der Waals surface area contributed by atoms with Crippen molar-refractivity contribution in [3.8, 4) is 0 Å². The molecule has 104 valence electrons. The van der Waals surface area contributed by atoms with Gasteiger partial charge in [0.25, 0.3) is 0 Å². The molecule has 0 aliphatic rings. The van der Waals surface area contributed by atoms with Gasteiger partial charge in [0.15, 0.2) is 23.3 Å². The van der Waals surface area contributed by atoms with E-state index in [2.05, 4.69) is 0 Å². The van der Waals surface area contributed by atoms with Gasteiger partial charge in [0, 0.05) is 6.07 Å². The SMILES string of the molecule is Cc1ccc(F)c(Bc2c(F)c(F)cc(F)c2F)c1F. The van der Waals surface area contributed by atoms with Crippen molar-refractivity contribution in [3.05, 3.63) is 58.7 Å². The molecule has 2 aromatic carbocycles. The van der Waals surface area contributed by atoms with Gasteiger partial charge < -0.3 is 0 Å². The van der Waals surface area contributed by atoms with Crippen molar-refractivity contribution < 1.29 is 26.3 Å². The van der Waals surface area contributed by atoms with Crippen LogP contribution in [-0.4, -0.2) is 7.28 Å². The van der Waals surface area contributed by atoms with Crippen molar-refractivity contribution in [1.82, 2.24) is 0 Å². The predicted molar refractivity (Wildman–Crippen MR) is 63.8 cm³/mol. The van der Waals surface area contributed by atoms with Crippen LogP contribution in [0.3, 0.4) is 0 Å². The van der Waals surface area contributed by atoms with Crippen LogP contribution in [0, 0.1) is 41.8 Å². The highest BCUT2D eigenvalue weighted by Crippen LogP contribution is 2.11. The van der Waals surface area contributed by atoms with E-state index in [1.54, 1.807) is 0 Å². The second-order valence-electron chi connectivity index (χ2n) is 4.28. The van der Waals surface area contributed by atoms with Gasteiger partial charge in [0.05, 0.1) is 0 Å². The normalized spacial score (nSPS) is 10.8. The molecule has 0 bridgehead atoms. The van der Waals surface area contributed by atoms with Crippen LogP contribution in [0.5, 0.6) is 0 Å². The van der Waals surface area contributed by atoms with Crippen molar-refractivity contribution in [2.24, 2.45) is 0 Å². The molecule has 0 unspecified atom stereocenters. The van der Waals surface area contributed by atoms with Crippen LogP contribution in [0.1, 0.15) is 5.56 Å². The van der Waals surface area contributed by atoms with E-state index in [4.69, 9.17) is 0 Å². The molecule has 0 spiro atoms. The first-order chi connectivity index (χ1) is 9.32. The fourth-order valence-electron chi connectivity index (χ4n) is 1.83. The molecule has 0 nitrogen and oxygen atoms in total. The molecule has 0 saturated heterocycles. The third-order valence-corrected chi connectivity index (χ3v) is 2.94. The maximum atomic E-state index is 13.7. The van der Waals surface area contributed by atoms with Gasteiger partial charge in [-0.25, -0.2) is 26.3 Å². The molecule has 0 aromatic heterocycles. The van der Waals surface area contributed by atoms with Gasteiger partial charge in [-0.1, -0.05) is 6.07 Å². The molecule has 0 saturated carbocycles. The Bertz CT molecular complexity index is 657. The summed E-state index contributed by atoms with van der Waals surface area (Å²) in [5.74, 6) is -8.61. The molecular weight excluding hydrogens is 281 g/mol. The maximum Gasteiger partial charge on any atom is 0.208 e. The van der Waals surface area contributed by atoms with Crippen LogP contribution < -0.4 is 10.9 Å². The zero-order valence-electron chi connectivity index (χ0n) is 10.2. The summed E-state index contributed by atoms with van der Waals surface area (Å²) in [6, 6.07) is 2.10. The summed E-state index contributed by atoms with van der Waals surface area (Å²) in [5.41, 5.74) is -1.64. The molecule has 7 heteroatoms. The lowest BCUT2D eigenvalue weighted by molar-refractivity contribution is 0.463. The fourth-order valence-corrected chi connectivity index (χ4v) is 1.83. The number of hydrogen-bond acceptors (Lipinski definition) is 0. The van der Waals surface area contributed by atoms with Crippen molar-refractivity contribution in [1.29, 1.82) is 0 Å². The Morgan fingerprint density at radius 2 is 1.25 bits per heavy atom.